The predicted molar refractivity (Wildman–Crippen MR) is 97.8 cm³/mol. The molecule has 0 radical (unpaired) electrons. The molecule has 0 saturated carbocycles. The lowest BCUT2D eigenvalue weighted by Gasteiger charge is -2.34. The van der Waals surface area contributed by atoms with Gasteiger partial charge in [0, 0.05) is 18.7 Å². The standard InChI is InChI=1S/C20H32N2O2/c1-3-14-24-19-17(6-5-7-18(19)23-4-2)15-22-13-10-20(16-22)8-11-21-12-9-20/h5-7,21H,3-4,8-16H2,1-2H3. The van der Waals surface area contributed by atoms with Crippen molar-refractivity contribution in [2.45, 2.75) is 46.1 Å². The summed E-state index contributed by atoms with van der Waals surface area (Å²) in [4.78, 5) is 2.61. The maximum Gasteiger partial charge on any atom is 0.165 e. The van der Waals surface area contributed by atoms with Crippen LogP contribution in [-0.2, 0) is 6.54 Å². The Morgan fingerprint density at radius 2 is 1.96 bits per heavy atom. The van der Waals surface area contributed by atoms with E-state index in [9.17, 15) is 0 Å². The minimum atomic E-state index is 0.549. The Balaban J connectivity index is 1.71. The van der Waals surface area contributed by atoms with Crippen molar-refractivity contribution in [1.29, 1.82) is 0 Å². The fraction of sp³-hybridized carbons (Fsp3) is 0.700. The van der Waals surface area contributed by atoms with Crippen molar-refractivity contribution in [3.63, 3.8) is 0 Å². The fourth-order valence-electron chi connectivity index (χ4n) is 4.09. The van der Waals surface area contributed by atoms with E-state index in [2.05, 4.69) is 29.3 Å². The molecule has 2 aliphatic heterocycles. The lowest BCUT2D eigenvalue weighted by atomic mass is 9.78. The van der Waals surface area contributed by atoms with E-state index in [1.54, 1.807) is 0 Å². The first-order valence-corrected chi connectivity index (χ1v) is 9.57. The van der Waals surface area contributed by atoms with Gasteiger partial charge in [-0.25, -0.2) is 0 Å². The molecular weight excluding hydrogens is 300 g/mol. The molecule has 2 heterocycles. The highest BCUT2D eigenvalue weighted by Crippen LogP contribution is 2.40. The van der Waals surface area contributed by atoms with E-state index in [0.29, 0.717) is 12.0 Å². The van der Waals surface area contributed by atoms with Gasteiger partial charge in [-0.3, -0.25) is 4.90 Å². The van der Waals surface area contributed by atoms with E-state index < -0.39 is 0 Å². The molecule has 1 N–H and O–H groups in total. The summed E-state index contributed by atoms with van der Waals surface area (Å²) in [5.41, 5.74) is 1.81. The second-order valence-electron chi connectivity index (χ2n) is 7.24. The molecular formula is C20H32N2O2. The quantitative estimate of drug-likeness (QED) is 0.829. The number of nitrogens with one attached hydrogen (secondary N) is 1. The number of rotatable bonds is 7. The molecule has 4 heteroatoms. The Labute approximate surface area is 146 Å². The lowest BCUT2D eigenvalue weighted by molar-refractivity contribution is 0.192. The van der Waals surface area contributed by atoms with Crippen LogP contribution in [-0.4, -0.2) is 44.3 Å². The van der Waals surface area contributed by atoms with Crippen molar-refractivity contribution in [2.75, 3.05) is 39.4 Å². The van der Waals surface area contributed by atoms with Gasteiger partial charge in [0.05, 0.1) is 13.2 Å². The minimum absolute atomic E-state index is 0.549. The van der Waals surface area contributed by atoms with Gasteiger partial charge in [0.1, 0.15) is 0 Å². The Hall–Kier alpha value is -1.26. The van der Waals surface area contributed by atoms with Gasteiger partial charge >= 0.3 is 0 Å². The summed E-state index contributed by atoms with van der Waals surface area (Å²) < 4.78 is 11.9. The topological polar surface area (TPSA) is 33.7 Å². The van der Waals surface area contributed by atoms with Crippen LogP contribution in [0.2, 0.25) is 0 Å². The van der Waals surface area contributed by atoms with Crippen LogP contribution in [0.5, 0.6) is 11.5 Å². The number of likely N-dealkylation sites (tertiary alicyclic amines) is 1. The highest BCUT2D eigenvalue weighted by Gasteiger charge is 2.38. The number of hydrogen-bond donors (Lipinski definition) is 1. The smallest absolute Gasteiger partial charge is 0.165 e. The summed E-state index contributed by atoms with van der Waals surface area (Å²) in [6.07, 6.45) is 4.99. The second kappa shape index (κ2) is 8.21. The van der Waals surface area contributed by atoms with E-state index in [0.717, 1.165) is 31.1 Å². The molecule has 2 saturated heterocycles. The maximum absolute atomic E-state index is 6.06. The van der Waals surface area contributed by atoms with Crippen molar-refractivity contribution in [1.82, 2.24) is 10.2 Å². The van der Waals surface area contributed by atoms with E-state index >= 15 is 0 Å². The number of hydrogen-bond acceptors (Lipinski definition) is 4. The van der Waals surface area contributed by atoms with Crippen LogP contribution in [0.3, 0.4) is 0 Å². The van der Waals surface area contributed by atoms with Crippen LogP contribution in [0.4, 0.5) is 0 Å². The molecule has 1 spiro atoms. The van der Waals surface area contributed by atoms with Crippen molar-refractivity contribution in [3.8, 4) is 11.5 Å². The lowest BCUT2D eigenvalue weighted by Crippen LogP contribution is -2.38. The Morgan fingerprint density at radius 1 is 1.12 bits per heavy atom. The number of nitrogens with zero attached hydrogens (tertiary/aromatic N) is 1. The SMILES string of the molecule is CCCOc1c(CN2CCC3(CCNCC3)C2)cccc1OCC. The fourth-order valence-corrected chi connectivity index (χ4v) is 4.09. The van der Waals surface area contributed by atoms with Gasteiger partial charge in [-0.15, -0.1) is 0 Å². The third-order valence-corrected chi connectivity index (χ3v) is 5.39. The molecule has 2 fully saturated rings. The van der Waals surface area contributed by atoms with Gasteiger partial charge < -0.3 is 14.8 Å². The first kappa shape index (κ1) is 17.6. The molecule has 4 nitrogen and oxygen atoms in total. The first-order chi connectivity index (χ1) is 11.8. The van der Waals surface area contributed by atoms with Crippen LogP contribution in [0.1, 0.15) is 45.1 Å². The Bertz CT molecular complexity index is 526. The molecule has 2 aliphatic rings. The summed E-state index contributed by atoms with van der Waals surface area (Å²) in [5, 5.41) is 3.50. The van der Waals surface area contributed by atoms with Gasteiger partial charge in [-0.05, 0) is 63.7 Å². The second-order valence-corrected chi connectivity index (χ2v) is 7.24. The molecule has 0 bridgehead atoms. The molecule has 0 unspecified atom stereocenters. The third kappa shape index (κ3) is 4.04. The largest absolute Gasteiger partial charge is 0.490 e. The summed E-state index contributed by atoms with van der Waals surface area (Å²) >= 11 is 0. The predicted octanol–water partition coefficient (Wildman–Crippen LogP) is 3.45. The minimum Gasteiger partial charge on any atom is -0.490 e. The Morgan fingerprint density at radius 3 is 2.71 bits per heavy atom. The summed E-state index contributed by atoms with van der Waals surface area (Å²) in [7, 11) is 0. The highest BCUT2D eigenvalue weighted by atomic mass is 16.5. The molecule has 3 rings (SSSR count). The molecule has 0 atom stereocenters. The van der Waals surface area contributed by atoms with Gasteiger partial charge in [0.15, 0.2) is 11.5 Å². The van der Waals surface area contributed by atoms with Crippen LogP contribution >= 0.6 is 0 Å². The van der Waals surface area contributed by atoms with Gasteiger partial charge in [0.2, 0.25) is 0 Å². The number of ether oxygens (including phenoxy) is 2. The molecule has 1 aromatic carbocycles. The summed E-state index contributed by atoms with van der Waals surface area (Å²) in [6, 6.07) is 6.31. The number of para-hydroxylation sites is 1. The van der Waals surface area contributed by atoms with E-state index in [-0.39, 0.29) is 0 Å². The number of piperidine rings is 1. The van der Waals surface area contributed by atoms with Crippen LogP contribution in [0.15, 0.2) is 18.2 Å². The van der Waals surface area contributed by atoms with E-state index in [1.165, 1.54) is 51.0 Å². The van der Waals surface area contributed by atoms with Crippen molar-refractivity contribution in [3.05, 3.63) is 23.8 Å². The van der Waals surface area contributed by atoms with E-state index in [1.807, 2.05) is 13.0 Å². The van der Waals surface area contributed by atoms with Crippen molar-refractivity contribution >= 4 is 0 Å². The van der Waals surface area contributed by atoms with Gasteiger partial charge in [0.25, 0.3) is 0 Å². The molecule has 134 valence electrons. The van der Waals surface area contributed by atoms with Crippen molar-refractivity contribution < 1.29 is 9.47 Å². The highest BCUT2D eigenvalue weighted by molar-refractivity contribution is 5.46. The molecule has 24 heavy (non-hydrogen) atoms. The third-order valence-electron chi connectivity index (χ3n) is 5.39. The molecule has 0 aromatic heterocycles. The molecule has 1 aromatic rings. The Kier molecular flexibility index (Phi) is 6.01. The molecule has 0 aliphatic carbocycles. The summed E-state index contributed by atoms with van der Waals surface area (Å²) in [5.74, 6) is 1.84. The van der Waals surface area contributed by atoms with Gasteiger partial charge in [-0.2, -0.15) is 0 Å². The maximum atomic E-state index is 6.06. The monoisotopic (exact) mass is 332 g/mol. The zero-order valence-electron chi connectivity index (χ0n) is 15.3. The number of benzene rings is 1. The average molecular weight is 332 g/mol. The van der Waals surface area contributed by atoms with Crippen LogP contribution in [0, 0.1) is 5.41 Å². The van der Waals surface area contributed by atoms with Gasteiger partial charge in [-0.1, -0.05) is 19.1 Å². The van der Waals surface area contributed by atoms with Crippen molar-refractivity contribution in [2.24, 2.45) is 5.41 Å². The zero-order chi connectivity index (χ0) is 16.8. The zero-order valence-corrected chi connectivity index (χ0v) is 15.3. The summed E-state index contributed by atoms with van der Waals surface area (Å²) in [6.45, 7) is 11.3. The first-order valence-electron chi connectivity index (χ1n) is 9.57. The average Bonchev–Trinajstić information content (AvgIpc) is 2.97. The van der Waals surface area contributed by atoms with Crippen LogP contribution in [0.25, 0.3) is 0 Å². The normalized spacial score (nSPS) is 20.4. The van der Waals surface area contributed by atoms with Crippen LogP contribution < -0.4 is 14.8 Å². The van der Waals surface area contributed by atoms with E-state index in [4.69, 9.17) is 9.47 Å². The molecule has 0 amide bonds.